The molecule has 0 aliphatic rings. The van der Waals surface area contributed by atoms with Gasteiger partial charge in [0, 0.05) is 31.0 Å². The first kappa shape index (κ1) is 32.7. The lowest BCUT2D eigenvalue weighted by molar-refractivity contribution is -0.147. The number of carbonyl (C=O) groups is 5. The number of carbonyl (C=O) groups excluding carboxylic acids is 5. The zero-order valence-corrected chi connectivity index (χ0v) is 22.5. The van der Waals surface area contributed by atoms with Crippen molar-refractivity contribution in [3.8, 4) is 0 Å². The lowest BCUT2D eigenvalue weighted by Crippen LogP contribution is -2.53. The van der Waals surface area contributed by atoms with Gasteiger partial charge in [-0.15, -0.1) is 0 Å². The molecule has 0 fully saturated rings. The van der Waals surface area contributed by atoms with Crippen molar-refractivity contribution in [2.45, 2.75) is 64.3 Å². The lowest BCUT2D eigenvalue weighted by atomic mass is 10.1. The monoisotopic (exact) mass is 548 g/mol. The van der Waals surface area contributed by atoms with Crippen molar-refractivity contribution in [1.29, 1.82) is 0 Å². The van der Waals surface area contributed by atoms with Crippen LogP contribution in [-0.2, 0) is 35.3 Å². The summed E-state index contributed by atoms with van der Waals surface area (Å²) >= 11 is 0. The quantitative estimate of drug-likeness (QED) is 0.0813. The normalized spacial score (nSPS) is 12.3. The molecule has 15 heteroatoms. The number of alkyl carbamates (subject to hydrolysis) is 1. The summed E-state index contributed by atoms with van der Waals surface area (Å²) in [5.74, 6) is -2.78. The van der Waals surface area contributed by atoms with E-state index in [1.54, 1.807) is 32.9 Å². The van der Waals surface area contributed by atoms with Crippen LogP contribution in [0.2, 0.25) is 0 Å². The third kappa shape index (κ3) is 15.5. The standard InChI is InChI=1S/C24H36N8O7/c1-24(2,3)39-23(37)29-18(13-19(25)33)22(36)28-17(10-11-27-31-26)12-20(34)30-32(4)14-21(35)38-15-16-8-6-5-7-9-16/h5-9,17-18H,10-15H2,1-4H3,(H2,25,33)(H,28,36)(H,29,37)(H,30,34)/t17-,18-/m0/s1. The number of benzene rings is 1. The first-order chi connectivity index (χ1) is 18.3. The van der Waals surface area contributed by atoms with Gasteiger partial charge in [-0.3, -0.25) is 24.6 Å². The number of azide groups is 1. The van der Waals surface area contributed by atoms with Crippen molar-refractivity contribution >= 4 is 29.8 Å². The number of nitrogens with two attached hydrogens (primary N) is 1. The van der Waals surface area contributed by atoms with Gasteiger partial charge in [0.1, 0.15) is 24.8 Å². The molecule has 5 N–H and O–H groups in total. The van der Waals surface area contributed by atoms with E-state index in [1.807, 2.05) is 18.2 Å². The third-order valence-electron chi connectivity index (χ3n) is 4.76. The first-order valence-corrected chi connectivity index (χ1v) is 12.1. The van der Waals surface area contributed by atoms with E-state index in [2.05, 4.69) is 26.1 Å². The van der Waals surface area contributed by atoms with Crippen LogP contribution in [0, 0.1) is 0 Å². The molecule has 0 saturated carbocycles. The number of esters is 1. The molecule has 0 unspecified atom stereocenters. The van der Waals surface area contributed by atoms with E-state index in [-0.39, 0.29) is 32.5 Å². The van der Waals surface area contributed by atoms with Gasteiger partial charge in [0.2, 0.25) is 17.7 Å². The van der Waals surface area contributed by atoms with Gasteiger partial charge in [-0.1, -0.05) is 35.4 Å². The summed E-state index contributed by atoms with van der Waals surface area (Å²) in [4.78, 5) is 63.8. The molecule has 39 heavy (non-hydrogen) atoms. The molecule has 0 bridgehead atoms. The fourth-order valence-corrected chi connectivity index (χ4v) is 3.14. The van der Waals surface area contributed by atoms with Crippen LogP contribution in [0.4, 0.5) is 4.79 Å². The molecule has 0 aliphatic heterocycles. The molecule has 214 valence electrons. The molecule has 0 spiro atoms. The second-order valence-electron chi connectivity index (χ2n) is 9.56. The highest BCUT2D eigenvalue weighted by atomic mass is 16.6. The number of hydrogen-bond acceptors (Lipinski definition) is 9. The van der Waals surface area contributed by atoms with Crippen LogP contribution in [0.3, 0.4) is 0 Å². The molecule has 1 aromatic rings. The van der Waals surface area contributed by atoms with Gasteiger partial charge in [-0.25, -0.2) is 9.80 Å². The second kappa shape index (κ2) is 16.5. The maximum atomic E-state index is 12.9. The SMILES string of the molecule is CN(CC(=O)OCc1ccccc1)NC(=O)C[C@H](CCN=[N+]=[N-])NC(=O)[C@H](CC(N)=O)NC(=O)OC(C)(C)C. The van der Waals surface area contributed by atoms with Gasteiger partial charge in [-0.2, -0.15) is 0 Å². The number of rotatable bonds is 15. The van der Waals surface area contributed by atoms with Gasteiger partial charge in [-0.05, 0) is 38.3 Å². The molecule has 4 amide bonds. The average Bonchev–Trinajstić information content (AvgIpc) is 2.81. The Balaban J connectivity index is 2.73. The van der Waals surface area contributed by atoms with E-state index in [0.717, 1.165) is 5.56 Å². The van der Waals surface area contributed by atoms with Crippen LogP contribution >= 0.6 is 0 Å². The van der Waals surface area contributed by atoms with Gasteiger partial charge >= 0.3 is 12.1 Å². The van der Waals surface area contributed by atoms with Crippen molar-refractivity contribution in [2.24, 2.45) is 10.8 Å². The maximum absolute atomic E-state index is 12.9. The Kier molecular flexibility index (Phi) is 13.8. The van der Waals surface area contributed by atoms with Crippen LogP contribution in [0.1, 0.15) is 45.6 Å². The molecule has 0 aromatic heterocycles. The highest BCUT2D eigenvalue weighted by Crippen LogP contribution is 2.08. The second-order valence-corrected chi connectivity index (χ2v) is 9.56. The summed E-state index contributed by atoms with van der Waals surface area (Å²) in [5.41, 5.74) is 16.2. The predicted molar refractivity (Wildman–Crippen MR) is 139 cm³/mol. The summed E-state index contributed by atoms with van der Waals surface area (Å²) in [7, 11) is 1.46. The van der Waals surface area contributed by atoms with Crippen molar-refractivity contribution in [1.82, 2.24) is 21.1 Å². The number of nitrogens with zero attached hydrogens (tertiary/aromatic N) is 4. The largest absolute Gasteiger partial charge is 0.460 e. The van der Waals surface area contributed by atoms with E-state index in [1.165, 1.54) is 12.1 Å². The van der Waals surface area contributed by atoms with E-state index >= 15 is 0 Å². The molecule has 15 nitrogen and oxygen atoms in total. The number of hydrazine groups is 1. The third-order valence-corrected chi connectivity index (χ3v) is 4.76. The molecule has 0 radical (unpaired) electrons. The smallest absolute Gasteiger partial charge is 0.408 e. The Morgan fingerprint density at radius 2 is 1.77 bits per heavy atom. The average molecular weight is 549 g/mol. The van der Waals surface area contributed by atoms with Gasteiger partial charge in [0.05, 0.1) is 6.42 Å². The summed E-state index contributed by atoms with van der Waals surface area (Å²) in [6.07, 6.45) is -1.66. The van der Waals surface area contributed by atoms with Crippen LogP contribution in [0.5, 0.6) is 0 Å². The van der Waals surface area contributed by atoms with Crippen LogP contribution in [-0.4, -0.2) is 72.6 Å². The fraction of sp³-hybridized carbons (Fsp3) is 0.542. The number of primary amides is 1. The Bertz CT molecular complexity index is 1040. The summed E-state index contributed by atoms with van der Waals surface area (Å²) < 4.78 is 10.3. The molecule has 2 atom stereocenters. The first-order valence-electron chi connectivity index (χ1n) is 12.1. The Morgan fingerprint density at radius 3 is 2.36 bits per heavy atom. The maximum Gasteiger partial charge on any atom is 0.408 e. The van der Waals surface area contributed by atoms with Crippen molar-refractivity contribution < 1.29 is 33.4 Å². The fourth-order valence-electron chi connectivity index (χ4n) is 3.14. The van der Waals surface area contributed by atoms with Crippen LogP contribution in [0.15, 0.2) is 35.4 Å². The lowest BCUT2D eigenvalue weighted by Gasteiger charge is -2.25. The number of likely N-dealkylation sites (N-methyl/N-ethyl adjacent to an activating group) is 1. The summed E-state index contributed by atoms with van der Waals surface area (Å²) in [6, 6.07) is 6.86. The molecular formula is C24H36N8O7. The molecule has 0 saturated heterocycles. The van der Waals surface area contributed by atoms with Crippen LogP contribution < -0.4 is 21.8 Å². The van der Waals surface area contributed by atoms with E-state index in [4.69, 9.17) is 20.7 Å². The van der Waals surface area contributed by atoms with E-state index in [0.29, 0.717) is 0 Å². The van der Waals surface area contributed by atoms with Crippen molar-refractivity contribution in [2.75, 3.05) is 20.1 Å². The minimum Gasteiger partial charge on any atom is -0.460 e. The predicted octanol–water partition coefficient (Wildman–Crippen LogP) is 1.04. The number of ether oxygens (including phenoxy) is 2. The van der Waals surface area contributed by atoms with Crippen LogP contribution in [0.25, 0.3) is 10.4 Å². The van der Waals surface area contributed by atoms with Gasteiger partial charge in [0.15, 0.2) is 0 Å². The van der Waals surface area contributed by atoms with Gasteiger partial charge in [0.25, 0.3) is 0 Å². The minimum absolute atomic E-state index is 0.0453. The molecule has 1 rings (SSSR count). The molecule has 0 heterocycles. The van der Waals surface area contributed by atoms with Crippen molar-refractivity contribution in [3.05, 3.63) is 46.3 Å². The molecule has 1 aromatic carbocycles. The zero-order chi connectivity index (χ0) is 29.4. The Hall–Kier alpha value is -4.36. The number of hydrogen-bond donors (Lipinski definition) is 4. The van der Waals surface area contributed by atoms with Gasteiger partial charge < -0.3 is 25.8 Å². The van der Waals surface area contributed by atoms with E-state index in [9.17, 15) is 24.0 Å². The molecule has 0 aliphatic carbocycles. The van der Waals surface area contributed by atoms with E-state index < -0.39 is 53.9 Å². The minimum atomic E-state index is -1.37. The highest BCUT2D eigenvalue weighted by molar-refractivity contribution is 5.91. The Labute approximate surface area is 226 Å². The Morgan fingerprint density at radius 1 is 1.10 bits per heavy atom. The topological polar surface area (TPSA) is 218 Å². The zero-order valence-electron chi connectivity index (χ0n) is 22.5. The number of nitrogens with one attached hydrogen (secondary N) is 3. The summed E-state index contributed by atoms with van der Waals surface area (Å²) in [5, 5.41) is 9.49. The highest BCUT2D eigenvalue weighted by Gasteiger charge is 2.28. The number of amides is 4. The molecular weight excluding hydrogens is 512 g/mol. The summed E-state index contributed by atoms with van der Waals surface area (Å²) in [6.45, 7) is 4.67. The van der Waals surface area contributed by atoms with Crippen molar-refractivity contribution in [3.63, 3.8) is 0 Å².